The Hall–Kier alpha value is -1.47. The second kappa shape index (κ2) is 5.66. The lowest BCUT2D eigenvalue weighted by molar-refractivity contribution is -0.200. The van der Waals surface area contributed by atoms with Crippen molar-refractivity contribution in [1.29, 1.82) is 0 Å². The molecular weight excluding hydrogens is 267 g/mol. The third-order valence-electron chi connectivity index (χ3n) is 3.15. The molecule has 0 aromatic carbocycles. The fraction of sp³-hybridized carbons (Fsp3) is 0.818. The van der Waals surface area contributed by atoms with E-state index < -0.39 is 29.7 Å². The van der Waals surface area contributed by atoms with Gasteiger partial charge in [0.15, 0.2) is 0 Å². The summed E-state index contributed by atoms with van der Waals surface area (Å²) in [7, 11) is 0. The molecule has 1 unspecified atom stereocenters. The fourth-order valence-corrected chi connectivity index (χ4v) is 1.78. The molecule has 19 heavy (non-hydrogen) atoms. The molecule has 0 spiro atoms. The number of halogens is 3. The van der Waals surface area contributed by atoms with Gasteiger partial charge in [0.1, 0.15) is 6.04 Å². The Kier molecular flexibility index (Phi) is 4.65. The van der Waals surface area contributed by atoms with Gasteiger partial charge >= 0.3 is 18.2 Å². The van der Waals surface area contributed by atoms with E-state index >= 15 is 0 Å². The van der Waals surface area contributed by atoms with Gasteiger partial charge in [-0.25, -0.2) is 9.59 Å². The van der Waals surface area contributed by atoms with E-state index in [4.69, 9.17) is 5.11 Å². The molecule has 1 rings (SSSR count). The van der Waals surface area contributed by atoms with Crippen LogP contribution in [0.4, 0.5) is 18.0 Å². The first-order chi connectivity index (χ1) is 8.74. The molecule has 1 atom stereocenters. The first-order valence-electron chi connectivity index (χ1n) is 5.97. The van der Waals surface area contributed by atoms with Crippen LogP contribution in [0, 0.1) is 5.41 Å². The molecule has 0 bridgehead atoms. The molecule has 0 aliphatic heterocycles. The van der Waals surface area contributed by atoms with Crippen LogP contribution in [-0.2, 0) is 9.53 Å². The van der Waals surface area contributed by atoms with Crippen LogP contribution in [0.15, 0.2) is 0 Å². The Labute approximate surface area is 108 Å². The summed E-state index contributed by atoms with van der Waals surface area (Å²) < 4.78 is 43.0. The zero-order valence-corrected chi connectivity index (χ0v) is 10.4. The molecule has 8 heteroatoms. The minimum absolute atomic E-state index is 0.0493. The maximum atomic E-state index is 12.8. The lowest BCUT2D eigenvalue weighted by Crippen LogP contribution is -2.52. The van der Waals surface area contributed by atoms with Gasteiger partial charge < -0.3 is 15.2 Å². The van der Waals surface area contributed by atoms with Gasteiger partial charge in [-0.15, -0.1) is 0 Å². The zero-order valence-electron chi connectivity index (χ0n) is 10.4. The van der Waals surface area contributed by atoms with E-state index in [-0.39, 0.29) is 19.4 Å². The van der Waals surface area contributed by atoms with Crippen LogP contribution < -0.4 is 5.32 Å². The third-order valence-corrected chi connectivity index (χ3v) is 3.15. The smallest absolute Gasteiger partial charge is 0.407 e. The van der Waals surface area contributed by atoms with E-state index in [1.807, 2.05) is 6.92 Å². The van der Waals surface area contributed by atoms with E-state index in [2.05, 4.69) is 4.74 Å². The molecule has 0 aromatic heterocycles. The van der Waals surface area contributed by atoms with Crippen molar-refractivity contribution in [2.24, 2.45) is 5.41 Å². The summed E-state index contributed by atoms with van der Waals surface area (Å²) in [6, 6.07) is -2.00. The minimum Gasteiger partial charge on any atom is -0.480 e. The van der Waals surface area contributed by atoms with Crippen molar-refractivity contribution >= 4 is 12.1 Å². The van der Waals surface area contributed by atoms with Crippen molar-refractivity contribution in [3.63, 3.8) is 0 Å². The number of alkyl carbamates (subject to hydrolysis) is 1. The summed E-state index contributed by atoms with van der Waals surface area (Å²) in [6.45, 7) is 1.90. The van der Waals surface area contributed by atoms with Crippen molar-refractivity contribution in [2.75, 3.05) is 6.61 Å². The maximum Gasteiger partial charge on any atom is 0.407 e. The van der Waals surface area contributed by atoms with Gasteiger partial charge in [-0.1, -0.05) is 13.3 Å². The Balaban J connectivity index is 2.65. The number of carbonyl (C=O) groups excluding carboxylic acids is 1. The Morgan fingerprint density at radius 2 is 2.00 bits per heavy atom. The first kappa shape index (κ1) is 15.6. The Bertz CT molecular complexity index is 352. The molecular formula is C11H16F3NO4. The quantitative estimate of drug-likeness (QED) is 0.733. The number of nitrogens with one attached hydrogen (secondary N) is 1. The zero-order chi connectivity index (χ0) is 14.7. The number of rotatable bonds is 6. The number of carboxylic acids is 1. The van der Waals surface area contributed by atoms with Crippen LogP contribution in [0.3, 0.4) is 0 Å². The molecule has 2 N–H and O–H groups in total. The number of hydrogen-bond acceptors (Lipinski definition) is 3. The van der Waals surface area contributed by atoms with Crippen molar-refractivity contribution in [1.82, 2.24) is 5.32 Å². The van der Waals surface area contributed by atoms with Gasteiger partial charge in [-0.3, -0.25) is 0 Å². The first-order valence-corrected chi connectivity index (χ1v) is 5.97. The summed E-state index contributed by atoms with van der Waals surface area (Å²) in [5, 5.41) is 10.7. The average Bonchev–Trinajstić information content (AvgIpc) is 3.06. The Morgan fingerprint density at radius 1 is 1.42 bits per heavy atom. The lowest BCUT2D eigenvalue weighted by atomic mass is 9.96. The number of alkyl halides is 3. The minimum atomic E-state index is -4.66. The van der Waals surface area contributed by atoms with Crippen molar-refractivity contribution in [3.05, 3.63) is 0 Å². The van der Waals surface area contributed by atoms with Crippen LogP contribution in [0.1, 0.15) is 32.6 Å². The van der Waals surface area contributed by atoms with Crippen LogP contribution in [0.25, 0.3) is 0 Å². The van der Waals surface area contributed by atoms with E-state index in [9.17, 15) is 22.8 Å². The van der Waals surface area contributed by atoms with Crippen molar-refractivity contribution in [3.8, 4) is 0 Å². The van der Waals surface area contributed by atoms with Crippen LogP contribution in [0.2, 0.25) is 0 Å². The number of carboxylic acid groups (broad SMARTS) is 1. The molecule has 1 amide bonds. The fourth-order valence-electron chi connectivity index (χ4n) is 1.78. The van der Waals surface area contributed by atoms with Gasteiger partial charge in [-0.2, -0.15) is 13.2 Å². The Morgan fingerprint density at radius 3 is 2.37 bits per heavy atom. The predicted octanol–water partition coefficient (Wildman–Crippen LogP) is 2.31. The molecule has 0 aromatic rings. The third kappa shape index (κ3) is 3.51. The van der Waals surface area contributed by atoms with Crippen LogP contribution >= 0.6 is 0 Å². The number of unbranched alkanes of at least 4 members (excludes halogenated alkanes) is 1. The molecule has 110 valence electrons. The largest absolute Gasteiger partial charge is 0.480 e. The normalized spacial score (nSPS) is 18.5. The van der Waals surface area contributed by atoms with Gasteiger partial charge in [0.05, 0.1) is 12.0 Å². The molecule has 1 aliphatic carbocycles. The summed E-state index contributed by atoms with van der Waals surface area (Å²) in [5.74, 6) is -1.71. The van der Waals surface area contributed by atoms with Gasteiger partial charge in [-0.05, 0) is 19.3 Å². The topological polar surface area (TPSA) is 75.6 Å². The number of carbonyl (C=O) groups is 2. The second-order valence-corrected chi connectivity index (χ2v) is 4.56. The number of ether oxygens (including phenoxy) is 1. The lowest BCUT2D eigenvalue weighted by Gasteiger charge is -2.26. The van der Waals surface area contributed by atoms with Crippen molar-refractivity contribution < 1.29 is 32.6 Å². The molecule has 1 aliphatic rings. The number of aliphatic carboxylic acids is 1. The highest BCUT2D eigenvalue weighted by Gasteiger charge is 2.69. The maximum absolute atomic E-state index is 12.8. The highest BCUT2D eigenvalue weighted by atomic mass is 19.4. The summed E-state index contributed by atoms with van der Waals surface area (Å²) in [5.41, 5.74) is -2.36. The van der Waals surface area contributed by atoms with Crippen LogP contribution in [-0.4, -0.2) is 36.0 Å². The van der Waals surface area contributed by atoms with Gasteiger partial charge in [0.25, 0.3) is 0 Å². The predicted molar refractivity (Wildman–Crippen MR) is 58.5 cm³/mol. The highest BCUT2D eigenvalue weighted by molar-refractivity contribution is 5.81. The van der Waals surface area contributed by atoms with Crippen molar-refractivity contribution in [2.45, 2.75) is 44.8 Å². The molecule has 0 heterocycles. The van der Waals surface area contributed by atoms with Crippen LogP contribution in [0.5, 0.6) is 0 Å². The van der Waals surface area contributed by atoms with E-state index in [0.717, 1.165) is 6.42 Å². The van der Waals surface area contributed by atoms with E-state index in [1.165, 1.54) is 0 Å². The van der Waals surface area contributed by atoms with E-state index in [0.29, 0.717) is 6.42 Å². The monoisotopic (exact) mass is 283 g/mol. The van der Waals surface area contributed by atoms with E-state index in [1.54, 1.807) is 5.32 Å². The number of amides is 1. The molecule has 0 radical (unpaired) electrons. The molecule has 1 fully saturated rings. The standard InChI is InChI=1S/C11H16F3NO4/c1-2-3-6-19-9(18)15-7(8(16)17)10(4-5-10)11(12,13)14/h7H,2-6H2,1H3,(H,15,18)(H,16,17). The highest BCUT2D eigenvalue weighted by Crippen LogP contribution is 2.59. The second-order valence-electron chi connectivity index (χ2n) is 4.56. The summed E-state index contributed by atoms with van der Waals surface area (Å²) >= 11 is 0. The summed E-state index contributed by atoms with van der Waals surface area (Å²) in [4.78, 5) is 22.2. The molecule has 5 nitrogen and oxygen atoms in total. The molecule has 1 saturated carbocycles. The van der Waals surface area contributed by atoms with Gasteiger partial charge in [0, 0.05) is 0 Å². The average molecular weight is 283 g/mol. The SMILES string of the molecule is CCCCOC(=O)NC(C(=O)O)C1(C(F)(F)F)CC1. The molecule has 0 saturated heterocycles. The number of hydrogen-bond donors (Lipinski definition) is 2. The van der Waals surface area contributed by atoms with Gasteiger partial charge in [0.2, 0.25) is 0 Å². The summed E-state index contributed by atoms with van der Waals surface area (Å²) in [6.07, 6.45) is -5.08.